The summed E-state index contributed by atoms with van der Waals surface area (Å²) in [5, 5.41) is 4.78. The fourth-order valence-corrected chi connectivity index (χ4v) is 2.59. The number of hydrogen-bond donors (Lipinski definition) is 1. The molecule has 0 bridgehead atoms. The molecule has 2 rings (SSSR count). The van der Waals surface area contributed by atoms with Crippen molar-refractivity contribution in [2.75, 3.05) is 5.43 Å². The molecule has 0 aliphatic rings. The molecule has 0 amide bonds. The first-order chi connectivity index (χ1) is 7.75. The highest BCUT2D eigenvalue weighted by molar-refractivity contribution is 9.11. The minimum Gasteiger partial charge on any atom is -0.277 e. The van der Waals surface area contributed by atoms with E-state index in [-0.39, 0.29) is 0 Å². The fourth-order valence-electron chi connectivity index (χ4n) is 1.11. The van der Waals surface area contributed by atoms with Crippen molar-refractivity contribution in [1.82, 2.24) is 0 Å². The number of halogens is 2. The summed E-state index contributed by atoms with van der Waals surface area (Å²) in [4.78, 5) is 1.08. The van der Waals surface area contributed by atoms with Crippen LogP contribution >= 0.6 is 38.9 Å². The van der Waals surface area contributed by atoms with Gasteiger partial charge in [-0.15, -0.1) is 11.3 Å². The lowest BCUT2D eigenvalue weighted by molar-refractivity contribution is 1.35. The highest BCUT2D eigenvalue weighted by Gasteiger charge is 1.96. The number of thiophene rings is 1. The molecule has 1 aromatic heterocycles. The van der Waals surface area contributed by atoms with Crippen LogP contribution in [0.3, 0.4) is 0 Å². The lowest BCUT2D eigenvalue weighted by Gasteiger charge is -2.00. The van der Waals surface area contributed by atoms with Crippen LogP contribution in [0.2, 0.25) is 5.02 Å². The molecule has 0 aliphatic heterocycles. The van der Waals surface area contributed by atoms with Gasteiger partial charge >= 0.3 is 0 Å². The maximum atomic E-state index is 5.97. The van der Waals surface area contributed by atoms with Gasteiger partial charge in [-0.25, -0.2) is 0 Å². The molecule has 16 heavy (non-hydrogen) atoms. The second-order valence-corrected chi connectivity index (χ2v) is 5.89. The molecule has 0 spiro atoms. The van der Waals surface area contributed by atoms with Crippen LogP contribution in [0.5, 0.6) is 0 Å². The summed E-state index contributed by atoms with van der Waals surface area (Å²) in [5.41, 5.74) is 3.70. The van der Waals surface area contributed by atoms with Crippen molar-refractivity contribution in [3.63, 3.8) is 0 Å². The average molecular weight is 316 g/mol. The highest BCUT2D eigenvalue weighted by atomic mass is 79.9. The van der Waals surface area contributed by atoms with Gasteiger partial charge in [0, 0.05) is 4.88 Å². The maximum Gasteiger partial charge on any atom is 0.0748 e. The smallest absolute Gasteiger partial charge is 0.0748 e. The Morgan fingerprint density at radius 2 is 2.06 bits per heavy atom. The topological polar surface area (TPSA) is 24.4 Å². The Labute approximate surface area is 111 Å². The number of nitrogens with zero attached hydrogens (tertiary/aromatic N) is 1. The van der Waals surface area contributed by atoms with E-state index >= 15 is 0 Å². The Balaban J connectivity index is 2.02. The van der Waals surface area contributed by atoms with Gasteiger partial charge < -0.3 is 0 Å². The summed E-state index contributed by atoms with van der Waals surface area (Å²) in [6.07, 6.45) is 1.76. The monoisotopic (exact) mass is 314 g/mol. The first kappa shape index (κ1) is 11.6. The Hall–Kier alpha value is -0.840. The summed E-state index contributed by atoms with van der Waals surface area (Å²) in [6, 6.07) is 11.5. The molecular formula is C11H8BrClN2S. The van der Waals surface area contributed by atoms with Crippen LogP contribution in [-0.2, 0) is 0 Å². The second-order valence-electron chi connectivity index (χ2n) is 2.99. The zero-order valence-corrected chi connectivity index (χ0v) is 11.3. The molecule has 1 N–H and O–H groups in total. The molecule has 0 fully saturated rings. The number of nitrogens with one attached hydrogen (secondary N) is 1. The zero-order valence-electron chi connectivity index (χ0n) is 8.15. The fraction of sp³-hybridized carbons (Fsp3) is 0. The summed E-state index contributed by atoms with van der Waals surface area (Å²) >= 11 is 11.0. The Kier molecular flexibility index (Phi) is 3.98. The normalized spacial score (nSPS) is 10.9. The van der Waals surface area contributed by atoms with E-state index in [1.165, 1.54) is 0 Å². The number of hydrogen-bond acceptors (Lipinski definition) is 3. The van der Waals surface area contributed by atoms with Crippen LogP contribution in [0.4, 0.5) is 5.69 Å². The van der Waals surface area contributed by atoms with Gasteiger partial charge in [-0.1, -0.05) is 23.7 Å². The molecule has 82 valence electrons. The van der Waals surface area contributed by atoms with E-state index < -0.39 is 0 Å². The van der Waals surface area contributed by atoms with Crippen LogP contribution in [0.25, 0.3) is 0 Å². The molecule has 2 nitrogen and oxygen atoms in total. The number of hydrazone groups is 1. The largest absolute Gasteiger partial charge is 0.277 e. The lowest BCUT2D eigenvalue weighted by Crippen LogP contribution is -1.89. The molecule has 5 heteroatoms. The predicted molar refractivity (Wildman–Crippen MR) is 74.7 cm³/mol. The van der Waals surface area contributed by atoms with Gasteiger partial charge in [-0.3, -0.25) is 5.43 Å². The van der Waals surface area contributed by atoms with Crippen LogP contribution in [0.15, 0.2) is 45.3 Å². The summed E-state index contributed by atoms with van der Waals surface area (Å²) in [7, 11) is 0. The molecule has 0 aliphatic carbocycles. The van der Waals surface area contributed by atoms with Crippen molar-refractivity contribution >= 4 is 50.8 Å². The van der Waals surface area contributed by atoms with Crippen LogP contribution in [0, 0.1) is 0 Å². The molecule has 2 aromatic rings. The molecule has 0 radical (unpaired) electrons. The number of benzene rings is 1. The second kappa shape index (κ2) is 5.48. The third-order valence-electron chi connectivity index (χ3n) is 1.84. The SMILES string of the molecule is Clc1ccccc1N/N=C\c1ccc(Br)s1. The Morgan fingerprint density at radius 1 is 1.25 bits per heavy atom. The molecule has 1 heterocycles. The van der Waals surface area contributed by atoms with Gasteiger partial charge in [0.2, 0.25) is 0 Å². The van der Waals surface area contributed by atoms with E-state index in [0.29, 0.717) is 5.02 Å². The summed E-state index contributed by atoms with van der Waals surface area (Å²) < 4.78 is 1.09. The Morgan fingerprint density at radius 3 is 2.75 bits per heavy atom. The van der Waals surface area contributed by atoms with Crippen molar-refractivity contribution < 1.29 is 0 Å². The van der Waals surface area contributed by atoms with E-state index in [0.717, 1.165) is 14.4 Å². The minimum absolute atomic E-state index is 0.659. The Bertz CT molecular complexity index is 510. The predicted octanol–water partition coefficient (Wildman–Crippen LogP) is 4.61. The summed E-state index contributed by atoms with van der Waals surface area (Å²) in [6.45, 7) is 0. The average Bonchev–Trinajstić information content (AvgIpc) is 2.67. The first-order valence-electron chi connectivity index (χ1n) is 4.54. The molecule has 1 aromatic carbocycles. The van der Waals surface area contributed by atoms with Gasteiger partial charge in [0.05, 0.1) is 20.7 Å². The van der Waals surface area contributed by atoms with Crippen LogP contribution < -0.4 is 5.43 Å². The lowest BCUT2D eigenvalue weighted by atomic mass is 10.3. The summed E-state index contributed by atoms with van der Waals surface area (Å²) in [5.74, 6) is 0. The van der Waals surface area contributed by atoms with Crippen molar-refractivity contribution in [3.8, 4) is 0 Å². The minimum atomic E-state index is 0.659. The molecule has 0 atom stereocenters. The van der Waals surface area contributed by atoms with Gasteiger partial charge in [-0.2, -0.15) is 5.10 Å². The van der Waals surface area contributed by atoms with Gasteiger partial charge in [0.1, 0.15) is 0 Å². The first-order valence-corrected chi connectivity index (χ1v) is 6.53. The maximum absolute atomic E-state index is 5.97. The van der Waals surface area contributed by atoms with Crippen molar-refractivity contribution in [2.24, 2.45) is 5.10 Å². The third-order valence-corrected chi connectivity index (χ3v) is 3.73. The zero-order chi connectivity index (χ0) is 11.4. The van der Waals surface area contributed by atoms with Gasteiger partial charge in [-0.05, 0) is 40.2 Å². The van der Waals surface area contributed by atoms with Crippen LogP contribution in [0.1, 0.15) is 4.88 Å². The van der Waals surface area contributed by atoms with E-state index in [2.05, 4.69) is 26.5 Å². The van der Waals surface area contributed by atoms with E-state index in [9.17, 15) is 0 Å². The molecule has 0 saturated heterocycles. The van der Waals surface area contributed by atoms with E-state index in [4.69, 9.17) is 11.6 Å². The van der Waals surface area contributed by atoms with Gasteiger partial charge in [0.15, 0.2) is 0 Å². The van der Waals surface area contributed by atoms with Gasteiger partial charge in [0.25, 0.3) is 0 Å². The van der Waals surface area contributed by atoms with Crippen molar-refractivity contribution in [3.05, 3.63) is 50.1 Å². The molecule has 0 unspecified atom stereocenters. The molecule has 0 saturated carbocycles. The number of anilines is 1. The van der Waals surface area contributed by atoms with Crippen LogP contribution in [-0.4, -0.2) is 6.21 Å². The number of rotatable bonds is 3. The third kappa shape index (κ3) is 3.07. The van der Waals surface area contributed by atoms with E-state index in [1.807, 2.05) is 36.4 Å². The van der Waals surface area contributed by atoms with Crippen molar-refractivity contribution in [1.29, 1.82) is 0 Å². The highest BCUT2D eigenvalue weighted by Crippen LogP contribution is 2.22. The standard InChI is InChI=1S/C11H8BrClN2S/c12-11-6-5-8(16-11)7-14-15-10-4-2-1-3-9(10)13/h1-7,15H/b14-7-. The molecular weight excluding hydrogens is 308 g/mol. The van der Waals surface area contributed by atoms with E-state index in [1.54, 1.807) is 17.6 Å². The number of para-hydroxylation sites is 1. The quantitative estimate of drug-likeness (QED) is 0.649. The van der Waals surface area contributed by atoms with Crippen molar-refractivity contribution in [2.45, 2.75) is 0 Å².